The van der Waals surface area contributed by atoms with Gasteiger partial charge in [-0.2, -0.15) is 0 Å². The lowest BCUT2D eigenvalue weighted by Crippen LogP contribution is -2.57. The van der Waals surface area contributed by atoms with Crippen LogP contribution < -0.4 is 5.32 Å². The van der Waals surface area contributed by atoms with E-state index in [-0.39, 0.29) is 18.0 Å². The normalized spacial score (nSPS) is 24.3. The number of nitrogens with zero attached hydrogens (tertiary/aromatic N) is 2. The molecule has 0 aliphatic carbocycles. The Labute approximate surface area is 109 Å². The summed E-state index contributed by atoms with van der Waals surface area (Å²) in [5.74, 6) is 0.162. The monoisotopic (exact) mass is 249 g/mol. The minimum atomic E-state index is 0.162. The lowest BCUT2D eigenvalue weighted by atomic mass is 10.1. The summed E-state index contributed by atoms with van der Waals surface area (Å²) in [6.45, 7) is 9.00. The summed E-state index contributed by atoms with van der Waals surface area (Å²) in [6, 6.07) is 4.40. The van der Waals surface area contributed by atoms with Crippen molar-refractivity contribution in [1.82, 2.24) is 14.8 Å². The Kier molecular flexibility index (Phi) is 4.07. The van der Waals surface area contributed by atoms with Crippen LogP contribution in [-0.4, -0.2) is 40.5 Å². The minimum absolute atomic E-state index is 0.162. The second-order valence-electron chi connectivity index (χ2n) is 5.16. The van der Waals surface area contributed by atoms with E-state index in [0.29, 0.717) is 0 Å². The van der Waals surface area contributed by atoms with Crippen molar-refractivity contribution in [3.8, 4) is 0 Å². The number of piperazine rings is 1. The van der Waals surface area contributed by atoms with Gasteiger partial charge in [-0.25, -0.2) is 0 Å². The molecule has 2 atom stereocenters. The average Bonchev–Trinajstić information content (AvgIpc) is 2.77. The molecule has 0 spiro atoms. The first-order chi connectivity index (χ1) is 8.65. The van der Waals surface area contributed by atoms with E-state index < -0.39 is 0 Å². The van der Waals surface area contributed by atoms with Gasteiger partial charge in [0.2, 0.25) is 0 Å². The number of carbonyl (C=O) groups is 1. The van der Waals surface area contributed by atoms with Crippen LogP contribution in [0.4, 0.5) is 0 Å². The molecule has 1 aliphatic rings. The fraction of sp³-hybridized carbons (Fsp3) is 0.643. The largest absolute Gasteiger partial charge is 0.344 e. The molecule has 18 heavy (non-hydrogen) atoms. The predicted molar refractivity (Wildman–Crippen MR) is 72.7 cm³/mol. The van der Waals surface area contributed by atoms with Crippen molar-refractivity contribution < 1.29 is 4.79 Å². The van der Waals surface area contributed by atoms with Crippen LogP contribution in [0.1, 0.15) is 37.7 Å². The van der Waals surface area contributed by atoms with Crippen molar-refractivity contribution in [1.29, 1.82) is 0 Å². The van der Waals surface area contributed by atoms with Gasteiger partial charge in [-0.3, -0.25) is 4.79 Å². The van der Waals surface area contributed by atoms with Gasteiger partial charge in [-0.05, 0) is 32.4 Å². The highest BCUT2D eigenvalue weighted by atomic mass is 16.2. The van der Waals surface area contributed by atoms with E-state index in [0.717, 1.165) is 31.7 Å². The SMILES string of the molecule is CCCn1cccc1C(=O)N1C(C)CNCC1C. The zero-order valence-corrected chi connectivity index (χ0v) is 11.5. The number of nitrogens with one attached hydrogen (secondary N) is 1. The summed E-state index contributed by atoms with van der Waals surface area (Å²) in [5, 5.41) is 3.35. The van der Waals surface area contributed by atoms with Gasteiger partial charge in [0, 0.05) is 37.9 Å². The molecule has 1 N–H and O–H groups in total. The van der Waals surface area contributed by atoms with Gasteiger partial charge in [0.1, 0.15) is 5.69 Å². The second-order valence-corrected chi connectivity index (χ2v) is 5.16. The van der Waals surface area contributed by atoms with E-state index in [4.69, 9.17) is 0 Å². The molecule has 1 amide bonds. The molecular formula is C14H23N3O. The van der Waals surface area contributed by atoms with Crippen LogP contribution in [0.5, 0.6) is 0 Å². The second kappa shape index (κ2) is 5.57. The number of rotatable bonds is 3. The first-order valence-corrected chi connectivity index (χ1v) is 6.83. The van der Waals surface area contributed by atoms with Gasteiger partial charge in [0.15, 0.2) is 0 Å². The summed E-state index contributed by atoms with van der Waals surface area (Å²) >= 11 is 0. The number of hydrogen-bond acceptors (Lipinski definition) is 2. The van der Waals surface area contributed by atoms with Crippen molar-refractivity contribution in [3.63, 3.8) is 0 Å². The fourth-order valence-electron chi connectivity index (χ4n) is 2.71. The van der Waals surface area contributed by atoms with Crippen LogP contribution in [0.2, 0.25) is 0 Å². The Bertz CT molecular complexity index is 403. The van der Waals surface area contributed by atoms with Gasteiger partial charge in [-0.1, -0.05) is 6.92 Å². The van der Waals surface area contributed by atoms with Gasteiger partial charge < -0.3 is 14.8 Å². The molecule has 1 aromatic heterocycles. The number of amides is 1. The summed E-state index contributed by atoms with van der Waals surface area (Å²) in [7, 11) is 0. The molecule has 2 rings (SSSR count). The van der Waals surface area contributed by atoms with Gasteiger partial charge in [0.05, 0.1) is 0 Å². The number of aryl methyl sites for hydroxylation is 1. The number of carbonyl (C=O) groups excluding carboxylic acids is 1. The molecule has 1 aromatic rings. The molecule has 4 heteroatoms. The first kappa shape index (κ1) is 13.1. The maximum absolute atomic E-state index is 12.7. The summed E-state index contributed by atoms with van der Waals surface area (Å²) < 4.78 is 2.06. The summed E-state index contributed by atoms with van der Waals surface area (Å²) in [6.07, 6.45) is 3.04. The van der Waals surface area contributed by atoms with Crippen molar-refractivity contribution >= 4 is 5.91 Å². The first-order valence-electron chi connectivity index (χ1n) is 6.83. The lowest BCUT2D eigenvalue weighted by molar-refractivity contribution is 0.0533. The predicted octanol–water partition coefficient (Wildman–Crippen LogP) is 1.72. The average molecular weight is 249 g/mol. The molecule has 100 valence electrons. The van der Waals surface area contributed by atoms with E-state index in [1.807, 2.05) is 23.2 Å². The molecule has 2 heterocycles. The molecule has 1 aliphatic heterocycles. The molecular weight excluding hydrogens is 226 g/mol. The van der Waals surface area contributed by atoms with Crippen molar-refractivity contribution in [3.05, 3.63) is 24.0 Å². The van der Waals surface area contributed by atoms with Gasteiger partial charge in [-0.15, -0.1) is 0 Å². The van der Waals surface area contributed by atoms with Crippen LogP contribution in [0.15, 0.2) is 18.3 Å². The van der Waals surface area contributed by atoms with E-state index in [1.54, 1.807) is 0 Å². The molecule has 4 nitrogen and oxygen atoms in total. The van der Waals surface area contributed by atoms with Crippen molar-refractivity contribution in [2.24, 2.45) is 0 Å². The molecule has 2 unspecified atom stereocenters. The molecule has 0 bridgehead atoms. The van der Waals surface area contributed by atoms with Crippen LogP contribution >= 0.6 is 0 Å². The lowest BCUT2D eigenvalue weighted by Gasteiger charge is -2.39. The Balaban J connectivity index is 2.21. The summed E-state index contributed by atoms with van der Waals surface area (Å²) in [5.41, 5.74) is 0.817. The van der Waals surface area contributed by atoms with Crippen LogP contribution in [0.3, 0.4) is 0 Å². The highest BCUT2D eigenvalue weighted by Crippen LogP contribution is 2.15. The molecule has 0 radical (unpaired) electrons. The Hall–Kier alpha value is -1.29. The zero-order valence-electron chi connectivity index (χ0n) is 11.5. The Morgan fingerprint density at radius 3 is 2.67 bits per heavy atom. The van der Waals surface area contributed by atoms with Crippen LogP contribution in [0, 0.1) is 0 Å². The molecule has 0 aromatic carbocycles. The third-order valence-electron chi connectivity index (χ3n) is 3.58. The van der Waals surface area contributed by atoms with Crippen molar-refractivity contribution in [2.75, 3.05) is 13.1 Å². The highest BCUT2D eigenvalue weighted by molar-refractivity contribution is 5.93. The van der Waals surface area contributed by atoms with Gasteiger partial charge in [0.25, 0.3) is 5.91 Å². The highest BCUT2D eigenvalue weighted by Gasteiger charge is 2.30. The van der Waals surface area contributed by atoms with Gasteiger partial charge >= 0.3 is 0 Å². The van der Waals surface area contributed by atoms with Crippen LogP contribution in [-0.2, 0) is 6.54 Å². The van der Waals surface area contributed by atoms with Crippen molar-refractivity contribution in [2.45, 2.75) is 45.8 Å². The Morgan fingerprint density at radius 1 is 1.39 bits per heavy atom. The third kappa shape index (κ3) is 2.43. The quantitative estimate of drug-likeness (QED) is 0.885. The van der Waals surface area contributed by atoms with Crippen LogP contribution in [0.25, 0.3) is 0 Å². The fourth-order valence-corrected chi connectivity index (χ4v) is 2.71. The Morgan fingerprint density at radius 2 is 2.06 bits per heavy atom. The van der Waals surface area contributed by atoms with E-state index in [9.17, 15) is 4.79 Å². The minimum Gasteiger partial charge on any atom is -0.344 e. The number of aromatic nitrogens is 1. The van der Waals surface area contributed by atoms with E-state index >= 15 is 0 Å². The summed E-state index contributed by atoms with van der Waals surface area (Å²) in [4.78, 5) is 14.7. The van der Waals surface area contributed by atoms with E-state index in [2.05, 4.69) is 30.7 Å². The standard InChI is InChI=1S/C14H23N3O/c1-4-7-16-8-5-6-13(16)14(18)17-11(2)9-15-10-12(17)3/h5-6,8,11-12,15H,4,7,9-10H2,1-3H3. The zero-order chi connectivity index (χ0) is 13.1. The molecule has 1 saturated heterocycles. The smallest absolute Gasteiger partial charge is 0.271 e. The topological polar surface area (TPSA) is 37.3 Å². The number of hydrogen-bond donors (Lipinski definition) is 1. The third-order valence-corrected chi connectivity index (χ3v) is 3.58. The maximum Gasteiger partial charge on any atom is 0.271 e. The van der Waals surface area contributed by atoms with E-state index in [1.165, 1.54) is 0 Å². The molecule has 1 fully saturated rings. The maximum atomic E-state index is 12.7. The molecule has 0 saturated carbocycles.